The fourth-order valence-corrected chi connectivity index (χ4v) is 3.65. The van der Waals surface area contributed by atoms with Gasteiger partial charge in [0.2, 0.25) is 0 Å². The Labute approximate surface area is 183 Å². The summed E-state index contributed by atoms with van der Waals surface area (Å²) in [6.07, 6.45) is 7.96. The number of nitrogens with one attached hydrogen (secondary N) is 3. The first kappa shape index (κ1) is 18.9. The molecule has 2 saturated carbocycles. The number of hydrogen-bond donors (Lipinski definition) is 3. The van der Waals surface area contributed by atoms with Crippen molar-refractivity contribution in [3.05, 3.63) is 47.8 Å². The maximum Gasteiger partial charge on any atom is 0.326 e. The summed E-state index contributed by atoms with van der Waals surface area (Å²) in [4.78, 5) is 28.3. The van der Waals surface area contributed by atoms with Gasteiger partial charge in [-0.25, -0.2) is 9.78 Å². The Balaban J connectivity index is 1.41. The number of carbonyl (C=O) groups excluding carboxylic acids is 2. The summed E-state index contributed by atoms with van der Waals surface area (Å²) in [6.45, 7) is 0.749. The number of carbonyl (C=O) groups is 2. The van der Waals surface area contributed by atoms with E-state index in [-0.39, 0.29) is 5.70 Å². The van der Waals surface area contributed by atoms with Gasteiger partial charge in [-0.3, -0.25) is 10.1 Å². The minimum Gasteiger partial charge on any atom is -0.493 e. The molecule has 1 aliphatic heterocycles. The molecule has 162 valence electrons. The van der Waals surface area contributed by atoms with Crippen LogP contribution < -0.4 is 20.7 Å². The number of anilines is 1. The lowest BCUT2D eigenvalue weighted by atomic mass is 10.1. The fraction of sp³-hybridized carbons (Fsp3) is 0.304. The van der Waals surface area contributed by atoms with Gasteiger partial charge in [0.25, 0.3) is 5.91 Å². The Hall–Kier alpha value is -3.88. The van der Waals surface area contributed by atoms with Crippen molar-refractivity contribution in [2.24, 2.45) is 5.92 Å². The van der Waals surface area contributed by atoms with Crippen molar-refractivity contribution in [1.82, 2.24) is 25.2 Å². The Kier molecular flexibility index (Phi) is 4.34. The number of ether oxygens (including phenoxy) is 1. The average molecular weight is 430 g/mol. The van der Waals surface area contributed by atoms with Gasteiger partial charge in [0.1, 0.15) is 17.3 Å². The van der Waals surface area contributed by atoms with E-state index in [1.165, 1.54) is 12.8 Å². The van der Waals surface area contributed by atoms with Crippen molar-refractivity contribution in [2.75, 3.05) is 11.9 Å². The average Bonchev–Trinajstić information content (AvgIpc) is 3.71. The molecule has 1 aromatic carbocycles. The first-order chi connectivity index (χ1) is 15.6. The molecule has 9 heteroatoms. The van der Waals surface area contributed by atoms with Crippen LogP contribution in [0.2, 0.25) is 0 Å². The number of amides is 3. The summed E-state index contributed by atoms with van der Waals surface area (Å²) in [5.41, 5.74) is 3.11. The largest absolute Gasteiger partial charge is 0.493 e. The van der Waals surface area contributed by atoms with Gasteiger partial charge in [-0.1, -0.05) is 12.1 Å². The van der Waals surface area contributed by atoms with Crippen LogP contribution in [0.25, 0.3) is 23.0 Å². The lowest BCUT2D eigenvalue weighted by Gasteiger charge is -2.11. The van der Waals surface area contributed by atoms with E-state index in [1.54, 1.807) is 16.8 Å². The van der Waals surface area contributed by atoms with Gasteiger partial charge in [0.05, 0.1) is 18.5 Å². The second kappa shape index (κ2) is 7.37. The molecule has 0 unspecified atom stereocenters. The van der Waals surface area contributed by atoms with Crippen molar-refractivity contribution in [1.29, 1.82) is 0 Å². The molecule has 9 nitrogen and oxygen atoms in total. The van der Waals surface area contributed by atoms with Crippen LogP contribution in [0, 0.1) is 5.92 Å². The van der Waals surface area contributed by atoms with Crippen molar-refractivity contribution >= 4 is 29.5 Å². The van der Waals surface area contributed by atoms with Crippen LogP contribution >= 0.6 is 0 Å². The fourth-order valence-electron chi connectivity index (χ4n) is 3.65. The van der Waals surface area contributed by atoms with E-state index in [1.807, 2.05) is 30.3 Å². The van der Waals surface area contributed by atoms with E-state index in [9.17, 15) is 9.59 Å². The molecule has 3 aromatic rings. The molecule has 3 aliphatic rings. The maximum absolute atomic E-state index is 12.0. The molecule has 2 aliphatic carbocycles. The van der Waals surface area contributed by atoms with Crippen LogP contribution in [0.5, 0.6) is 5.75 Å². The highest BCUT2D eigenvalue weighted by atomic mass is 16.5. The number of nitrogens with zero attached hydrogens (tertiary/aromatic N) is 3. The van der Waals surface area contributed by atoms with E-state index in [4.69, 9.17) is 9.72 Å². The van der Waals surface area contributed by atoms with Crippen LogP contribution in [-0.2, 0) is 4.79 Å². The Morgan fingerprint density at radius 2 is 2.03 bits per heavy atom. The van der Waals surface area contributed by atoms with Crippen molar-refractivity contribution < 1.29 is 14.3 Å². The monoisotopic (exact) mass is 430 g/mol. The number of urea groups is 1. The van der Waals surface area contributed by atoms with Gasteiger partial charge in [-0.05, 0) is 49.8 Å². The van der Waals surface area contributed by atoms with E-state index in [0.717, 1.165) is 42.3 Å². The predicted octanol–water partition coefficient (Wildman–Crippen LogP) is 2.94. The molecular formula is C23H22N6O3. The molecular weight excluding hydrogens is 408 g/mol. The third kappa shape index (κ3) is 3.77. The number of rotatable bonds is 7. The first-order valence-corrected chi connectivity index (χ1v) is 10.8. The number of benzene rings is 1. The molecule has 6 rings (SSSR count). The summed E-state index contributed by atoms with van der Waals surface area (Å²) in [5.74, 6) is 1.87. The lowest BCUT2D eigenvalue weighted by Crippen LogP contribution is -2.22. The molecule has 0 spiro atoms. The highest BCUT2D eigenvalue weighted by Gasteiger charge is 2.26. The molecule has 3 fully saturated rings. The molecule has 2 aromatic heterocycles. The van der Waals surface area contributed by atoms with Crippen molar-refractivity contribution in [3.63, 3.8) is 0 Å². The summed E-state index contributed by atoms with van der Waals surface area (Å²) >= 11 is 0. The van der Waals surface area contributed by atoms with Crippen molar-refractivity contribution in [2.45, 2.75) is 31.7 Å². The zero-order valence-corrected chi connectivity index (χ0v) is 17.3. The van der Waals surface area contributed by atoms with Gasteiger partial charge in [-0.2, -0.15) is 9.61 Å². The molecule has 0 atom stereocenters. The number of fused-ring (bicyclic) bond motifs is 1. The highest BCUT2D eigenvalue weighted by Crippen LogP contribution is 2.32. The van der Waals surface area contributed by atoms with E-state index < -0.39 is 11.9 Å². The van der Waals surface area contributed by atoms with E-state index in [0.29, 0.717) is 23.2 Å². The third-order valence-electron chi connectivity index (χ3n) is 5.76. The molecule has 3 N–H and O–H groups in total. The minimum absolute atomic E-state index is 0.171. The molecule has 0 bridgehead atoms. The summed E-state index contributed by atoms with van der Waals surface area (Å²) in [7, 11) is 0. The summed E-state index contributed by atoms with van der Waals surface area (Å²) in [6, 6.07) is 9.81. The molecule has 1 saturated heterocycles. The van der Waals surface area contributed by atoms with Crippen LogP contribution in [0.4, 0.5) is 10.6 Å². The first-order valence-electron chi connectivity index (χ1n) is 10.8. The van der Waals surface area contributed by atoms with Crippen LogP contribution in [-0.4, -0.2) is 39.2 Å². The second-order valence-electron chi connectivity index (χ2n) is 8.53. The predicted molar refractivity (Wildman–Crippen MR) is 118 cm³/mol. The smallest absolute Gasteiger partial charge is 0.326 e. The van der Waals surface area contributed by atoms with Gasteiger partial charge in [0.15, 0.2) is 5.65 Å². The highest BCUT2D eigenvalue weighted by molar-refractivity contribution is 6.14. The Bertz CT molecular complexity index is 1270. The molecule has 3 amide bonds. The minimum atomic E-state index is -0.537. The van der Waals surface area contributed by atoms with Crippen LogP contribution in [0.1, 0.15) is 31.2 Å². The number of aromatic nitrogens is 3. The molecule has 3 heterocycles. The molecule has 32 heavy (non-hydrogen) atoms. The zero-order valence-electron chi connectivity index (χ0n) is 17.3. The third-order valence-corrected chi connectivity index (χ3v) is 5.76. The second-order valence-corrected chi connectivity index (χ2v) is 8.53. The summed E-state index contributed by atoms with van der Waals surface area (Å²) in [5, 5.41) is 12.7. The van der Waals surface area contributed by atoms with Gasteiger partial charge in [-0.15, -0.1) is 0 Å². The topological polar surface area (TPSA) is 110 Å². The maximum atomic E-state index is 12.0. The SMILES string of the molecule is O=C1NC(=O)/C(=C/c2cnn3c(NC4CC4)cc(-c4cccc(OCC5CC5)c4)nc23)N1. The molecule has 0 radical (unpaired) electrons. The standard InChI is InChI=1S/C23H22N6O3/c30-22-19(27-23(31)28-22)9-15-11-24-29-20(25-16-6-7-16)10-18(26-21(15)29)14-2-1-3-17(8-14)32-12-13-4-5-13/h1-3,8-11,13,16,25H,4-7,12H2,(H2,27,28,30,31)/b19-9-. The Morgan fingerprint density at radius 1 is 1.16 bits per heavy atom. The van der Waals surface area contributed by atoms with Gasteiger partial charge in [0, 0.05) is 23.2 Å². The number of imide groups is 1. The van der Waals surface area contributed by atoms with Crippen LogP contribution in [0.3, 0.4) is 0 Å². The number of hydrogen-bond acceptors (Lipinski definition) is 6. The van der Waals surface area contributed by atoms with Crippen LogP contribution in [0.15, 0.2) is 42.2 Å². The normalized spacial score (nSPS) is 19.3. The van der Waals surface area contributed by atoms with Gasteiger partial charge < -0.3 is 15.4 Å². The zero-order chi connectivity index (χ0) is 21.7. The van der Waals surface area contributed by atoms with E-state index >= 15 is 0 Å². The van der Waals surface area contributed by atoms with Crippen molar-refractivity contribution in [3.8, 4) is 17.0 Å². The summed E-state index contributed by atoms with van der Waals surface area (Å²) < 4.78 is 7.68. The quantitative estimate of drug-likeness (QED) is 0.393. The Morgan fingerprint density at radius 3 is 2.78 bits per heavy atom. The lowest BCUT2D eigenvalue weighted by molar-refractivity contribution is -0.115. The van der Waals surface area contributed by atoms with Gasteiger partial charge >= 0.3 is 6.03 Å². The van der Waals surface area contributed by atoms with E-state index in [2.05, 4.69) is 21.0 Å².